The normalized spacial score (nSPS) is 19.7. The zero-order valence-corrected chi connectivity index (χ0v) is 16.2. The van der Waals surface area contributed by atoms with Gasteiger partial charge in [-0.3, -0.25) is 9.48 Å². The summed E-state index contributed by atoms with van der Waals surface area (Å²) in [6.07, 6.45) is 8.55. The van der Waals surface area contributed by atoms with Crippen molar-refractivity contribution in [2.24, 2.45) is 5.92 Å². The Hall–Kier alpha value is -2.28. The number of fused-ring (bicyclic) bond motifs is 1. The molecule has 2 aliphatic rings. The highest BCUT2D eigenvalue weighted by Gasteiger charge is 2.28. The molecule has 2 aliphatic heterocycles. The summed E-state index contributed by atoms with van der Waals surface area (Å²) in [6.45, 7) is 6.20. The van der Waals surface area contributed by atoms with Gasteiger partial charge in [-0.15, -0.1) is 0 Å². The van der Waals surface area contributed by atoms with E-state index in [0.29, 0.717) is 12.5 Å². The Morgan fingerprint density at radius 1 is 1.30 bits per heavy atom. The molecular formula is C20H28N6O. The fourth-order valence-corrected chi connectivity index (χ4v) is 4.11. The number of piperidine rings is 1. The van der Waals surface area contributed by atoms with Gasteiger partial charge < -0.3 is 9.80 Å². The van der Waals surface area contributed by atoms with Gasteiger partial charge in [-0.2, -0.15) is 5.10 Å². The summed E-state index contributed by atoms with van der Waals surface area (Å²) in [6, 6.07) is 1.89. The molecule has 0 bridgehead atoms. The van der Waals surface area contributed by atoms with E-state index >= 15 is 0 Å². The molecule has 0 saturated carbocycles. The van der Waals surface area contributed by atoms with Crippen molar-refractivity contribution in [2.75, 3.05) is 26.7 Å². The van der Waals surface area contributed by atoms with E-state index in [0.717, 1.165) is 51.3 Å². The van der Waals surface area contributed by atoms with Crippen molar-refractivity contribution in [3.05, 3.63) is 41.7 Å². The van der Waals surface area contributed by atoms with Crippen LogP contribution in [0, 0.1) is 5.92 Å². The molecule has 1 fully saturated rings. The van der Waals surface area contributed by atoms with Crippen LogP contribution in [0.1, 0.15) is 42.8 Å². The summed E-state index contributed by atoms with van der Waals surface area (Å²) >= 11 is 0. The second kappa shape index (κ2) is 7.76. The van der Waals surface area contributed by atoms with E-state index in [9.17, 15) is 4.79 Å². The van der Waals surface area contributed by atoms with Crippen LogP contribution in [0.2, 0.25) is 0 Å². The lowest BCUT2D eigenvalue weighted by Crippen LogP contribution is -2.42. The predicted molar refractivity (Wildman–Crippen MR) is 102 cm³/mol. The largest absolute Gasteiger partial charge is 0.342 e. The highest BCUT2D eigenvalue weighted by molar-refractivity contribution is 5.78. The molecule has 0 aliphatic carbocycles. The minimum Gasteiger partial charge on any atom is -0.342 e. The van der Waals surface area contributed by atoms with Gasteiger partial charge in [0, 0.05) is 68.4 Å². The molecular weight excluding hydrogens is 340 g/mol. The van der Waals surface area contributed by atoms with Crippen LogP contribution in [0.4, 0.5) is 0 Å². The van der Waals surface area contributed by atoms with Crippen molar-refractivity contribution < 1.29 is 4.79 Å². The van der Waals surface area contributed by atoms with Crippen molar-refractivity contribution in [3.63, 3.8) is 0 Å². The summed E-state index contributed by atoms with van der Waals surface area (Å²) < 4.78 is 1.83. The Bertz CT molecular complexity index is 782. The number of carbonyl (C=O) groups is 1. The van der Waals surface area contributed by atoms with Crippen LogP contribution in [-0.2, 0) is 24.3 Å². The Kier molecular flexibility index (Phi) is 5.20. The van der Waals surface area contributed by atoms with Gasteiger partial charge in [0.2, 0.25) is 5.91 Å². The third-order valence-electron chi connectivity index (χ3n) is 5.76. The number of aromatic nitrogens is 4. The molecule has 1 atom stereocenters. The Labute approximate surface area is 160 Å². The third kappa shape index (κ3) is 4.03. The van der Waals surface area contributed by atoms with Crippen LogP contribution in [0.5, 0.6) is 0 Å². The second-order valence-corrected chi connectivity index (χ2v) is 7.92. The van der Waals surface area contributed by atoms with Gasteiger partial charge in [-0.1, -0.05) is 6.92 Å². The molecule has 7 heteroatoms. The van der Waals surface area contributed by atoms with Gasteiger partial charge >= 0.3 is 0 Å². The lowest BCUT2D eigenvalue weighted by molar-refractivity contribution is -0.136. The molecule has 1 amide bonds. The molecule has 7 nitrogen and oxygen atoms in total. The molecule has 4 heterocycles. The summed E-state index contributed by atoms with van der Waals surface area (Å²) in [5, 5.41) is 4.20. The average Bonchev–Trinajstić information content (AvgIpc) is 3.20. The van der Waals surface area contributed by atoms with Crippen molar-refractivity contribution in [2.45, 2.75) is 45.2 Å². The molecule has 0 N–H and O–H groups in total. The Morgan fingerprint density at radius 3 is 2.85 bits per heavy atom. The monoisotopic (exact) mass is 368 g/mol. The van der Waals surface area contributed by atoms with Crippen molar-refractivity contribution >= 4 is 5.91 Å². The second-order valence-electron chi connectivity index (χ2n) is 7.92. The van der Waals surface area contributed by atoms with Crippen LogP contribution in [0.3, 0.4) is 0 Å². The molecule has 27 heavy (non-hydrogen) atoms. The Morgan fingerprint density at radius 2 is 2.11 bits per heavy atom. The average molecular weight is 368 g/mol. The van der Waals surface area contributed by atoms with E-state index < -0.39 is 0 Å². The molecule has 2 aromatic rings. The SMILES string of the molecule is C[C@@H](Cn1cccn1)C(=O)N1CCC(c2ncc3c(n2)CCN(C)C3)CC1. The van der Waals surface area contributed by atoms with Gasteiger partial charge in [0.15, 0.2) is 0 Å². The van der Waals surface area contributed by atoms with E-state index in [-0.39, 0.29) is 11.8 Å². The first kappa shape index (κ1) is 18.1. The maximum absolute atomic E-state index is 12.7. The summed E-state index contributed by atoms with van der Waals surface area (Å²) in [7, 11) is 2.14. The molecule has 0 aromatic carbocycles. The van der Waals surface area contributed by atoms with Gasteiger partial charge in [-0.05, 0) is 26.0 Å². The summed E-state index contributed by atoms with van der Waals surface area (Å²) in [5.41, 5.74) is 2.47. The minimum atomic E-state index is -0.0570. The number of likely N-dealkylation sites (tertiary alicyclic amines) is 1. The highest BCUT2D eigenvalue weighted by atomic mass is 16.2. The fraction of sp³-hybridized carbons (Fsp3) is 0.600. The van der Waals surface area contributed by atoms with Crippen LogP contribution < -0.4 is 0 Å². The summed E-state index contributed by atoms with van der Waals surface area (Å²) in [4.78, 5) is 26.6. The van der Waals surface area contributed by atoms with Crippen molar-refractivity contribution in [1.82, 2.24) is 29.5 Å². The van der Waals surface area contributed by atoms with Crippen molar-refractivity contribution in [1.29, 1.82) is 0 Å². The number of likely N-dealkylation sites (N-methyl/N-ethyl adjacent to an activating group) is 1. The number of amides is 1. The van der Waals surface area contributed by atoms with E-state index in [2.05, 4.69) is 22.0 Å². The van der Waals surface area contributed by atoms with E-state index in [1.54, 1.807) is 6.20 Å². The van der Waals surface area contributed by atoms with Gasteiger partial charge in [0.25, 0.3) is 0 Å². The molecule has 0 spiro atoms. The molecule has 4 rings (SSSR count). The maximum Gasteiger partial charge on any atom is 0.227 e. The summed E-state index contributed by atoms with van der Waals surface area (Å²) in [5.74, 6) is 1.49. The number of rotatable bonds is 4. The molecule has 0 radical (unpaired) electrons. The lowest BCUT2D eigenvalue weighted by atomic mass is 9.94. The number of hydrogen-bond donors (Lipinski definition) is 0. The van der Waals surface area contributed by atoms with Gasteiger partial charge in [0.05, 0.1) is 12.5 Å². The van der Waals surface area contributed by atoms with Crippen LogP contribution >= 0.6 is 0 Å². The molecule has 144 valence electrons. The number of hydrogen-bond acceptors (Lipinski definition) is 5. The van der Waals surface area contributed by atoms with Crippen LogP contribution in [0.15, 0.2) is 24.7 Å². The van der Waals surface area contributed by atoms with Gasteiger partial charge in [0.1, 0.15) is 5.82 Å². The first-order chi connectivity index (χ1) is 13.1. The van der Waals surface area contributed by atoms with Crippen LogP contribution in [-0.4, -0.2) is 62.1 Å². The first-order valence-electron chi connectivity index (χ1n) is 9.89. The molecule has 2 aromatic heterocycles. The van der Waals surface area contributed by atoms with E-state index in [1.807, 2.05) is 35.0 Å². The van der Waals surface area contributed by atoms with Crippen molar-refractivity contribution in [3.8, 4) is 0 Å². The minimum absolute atomic E-state index is 0.0570. The Balaban J connectivity index is 1.34. The highest BCUT2D eigenvalue weighted by Crippen LogP contribution is 2.27. The number of carbonyl (C=O) groups excluding carboxylic acids is 1. The maximum atomic E-state index is 12.7. The zero-order valence-electron chi connectivity index (χ0n) is 16.2. The predicted octanol–water partition coefficient (Wildman–Crippen LogP) is 1.70. The van der Waals surface area contributed by atoms with Crippen LogP contribution in [0.25, 0.3) is 0 Å². The molecule has 0 unspecified atom stereocenters. The first-order valence-corrected chi connectivity index (χ1v) is 9.89. The zero-order chi connectivity index (χ0) is 18.8. The fourth-order valence-electron chi connectivity index (χ4n) is 4.11. The quantitative estimate of drug-likeness (QED) is 0.822. The smallest absolute Gasteiger partial charge is 0.227 e. The van der Waals surface area contributed by atoms with Gasteiger partial charge in [-0.25, -0.2) is 9.97 Å². The van der Waals surface area contributed by atoms with E-state index in [4.69, 9.17) is 4.98 Å². The standard InChI is InChI=1S/C20H28N6O/c1-15(13-26-8-3-7-22-26)20(27)25-10-4-16(5-11-25)19-21-12-17-14-24(2)9-6-18(17)23-19/h3,7-8,12,15-16H,4-6,9-11,13-14H2,1-2H3/t15-/m0/s1. The topological polar surface area (TPSA) is 67.2 Å². The van der Waals surface area contributed by atoms with E-state index in [1.165, 1.54) is 11.3 Å². The number of nitrogens with zero attached hydrogens (tertiary/aromatic N) is 6. The third-order valence-corrected chi connectivity index (χ3v) is 5.76. The lowest BCUT2D eigenvalue weighted by Gasteiger charge is -2.33. The molecule has 1 saturated heterocycles.